The van der Waals surface area contributed by atoms with Gasteiger partial charge in [-0.15, -0.1) is 0 Å². The summed E-state index contributed by atoms with van der Waals surface area (Å²) in [5, 5.41) is 19.8. The van der Waals surface area contributed by atoms with Crippen LogP contribution in [0.15, 0.2) is 30.5 Å². The van der Waals surface area contributed by atoms with Crippen LogP contribution >= 0.6 is 22.6 Å². The summed E-state index contributed by atoms with van der Waals surface area (Å²) < 4.78 is 18.7. The number of rotatable bonds is 3. The maximum atomic E-state index is 13.0. The van der Waals surface area contributed by atoms with Crippen molar-refractivity contribution in [3.63, 3.8) is 0 Å². The van der Waals surface area contributed by atoms with Crippen molar-refractivity contribution in [1.29, 1.82) is 5.26 Å². The van der Waals surface area contributed by atoms with E-state index in [0.29, 0.717) is 3.57 Å². The van der Waals surface area contributed by atoms with Gasteiger partial charge in [0, 0.05) is 18.3 Å². The molecule has 1 heterocycles. The number of ether oxygens (including phenoxy) is 1. The van der Waals surface area contributed by atoms with Crippen LogP contribution in [0.25, 0.3) is 0 Å². The smallest absolute Gasteiger partial charge is 0.314 e. The molecule has 0 fully saturated rings. The van der Waals surface area contributed by atoms with E-state index < -0.39 is 10.9 Å². The molecule has 0 atom stereocenters. The first-order valence-electron chi connectivity index (χ1n) is 5.18. The van der Waals surface area contributed by atoms with Crippen molar-refractivity contribution in [2.24, 2.45) is 0 Å². The molecule has 1 aromatic heterocycles. The Morgan fingerprint density at radius 2 is 2.20 bits per heavy atom. The lowest BCUT2D eigenvalue weighted by Crippen LogP contribution is -1.97. The molecule has 0 unspecified atom stereocenters. The minimum Gasteiger partial charge on any atom is -0.449 e. The summed E-state index contributed by atoms with van der Waals surface area (Å²) in [5.74, 6) is -0.711. The Morgan fingerprint density at radius 1 is 1.45 bits per heavy atom. The van der Waals surface area contributed by atoms with Gasteiger partial charge in [-0.2, -0.15) is 9.65 Å². The fourth-order valence-electron chi connectivity index (χ4n) is 1.45. The van der Waals surface area contributed by atoms with E-state index in [2.05, 4.69) is 4.98 Å². The van der Waals surface area contributed by atoms with Crippen LogP contribution in [0.3, 0.4) is 0 Å². The van der Waals surface area contributed by atoms with Crippen LogP contribution in [-0.4, -0.2) is 9.91 Å². The van der Waals surface area contributed by atoms with Crippen LogP contribution in [0.4, 0.5) is 10.1 Å². The van der Waals surface area contributed by atoms with Crippen molar-refractivity contribution >= 4 is 28.3 Å². The van der Waals surface area contributed by atoms with E-state index in [1.165, 1.54) is 18.3 Å². The quantitative estimate of drug-likeness (QED) is 0.350. The third-order valence-corrected chi connectivity index (χ3v) is 3.07. The van der Waals surface area contributed by atoms with Gasteiger partial charge in [0.05, 0.1) is 20.1 Å². The van der Waals surface area contributed by atoms with E-state index in [1.807, 2.05) is 28.7 Å². The number of nitro groups is 1. The van der Waals surface area contributed by atoms with Crippen LogP contribution in [0.2, 0.25) is 0 Å². The minimum atomic E-state index is -0.756. The summed E-state index contributed by atoms with van der Waals surface area (Å²) in [7, 11) is 0. The first kappa shape index (κ1) is 14.1. The molecule has 0 aliphatic carbocycles. The zero-order chi connectivity index (χ0) is 14.7. The van der Waals surface area contributed by atoms with Gasteiger partial charge in [-0.25, -0.2) is 4.98 Å². The van der Waals surface area contributed by atoms with Gasteiger partial charge >= 0.3 is 5.69 Å². The number of nitrogens with zero attached hydrogens (tertiary/aromatic N) is 3. The number of benzene rings is 1. The first-order valence-corrected chi connectivity index (χ1v) is 6.26. The fourth-order valence-corrected chi connectivity index (χ4v) is 2.17. The molecule has 2 aromatic rings. The molecule has 0 radical (unpaired) electrons. The molecular weight excluding hydrogens is 380 g/mol. The summed E-state index contributed by atoms with van der Waals surface area (Å²) in [4.78, 5) is 13.7. The molecule has 20 heavy (non-hydrogen) atoms. The highest BCUT2D eigenvalue weighted by molar-refractivity contribution is 14.1. The maximum Gasteiger partial charge on any atom is 0.314 e. The standard InChI is InChI=1S/C12H5FIN3O3/c13-11-5-8(1-2-16-11)20-12-9(14)3-7(6-15)4-10(12)17(18)19/h1-5H. The molecule has 0 saturated carbocycles. The number of halogens is 2. The number of aromatic nitrogens is 1. The summed E-state index contributed by atoms with van der Waals surface area (Å²) in [6.45, 7) is 0. The van der Waals surface area contributed by atoms with E-state index in [9.17, 15) is 14.5 Å². The van der Waals surface area contributed by atoms with Gasteiger partial charge in [0.1, 0.15) is 5.75 Å². The lowest BCUT2D eigenvalue weighted by atomic mass is 10.2. The SMILES string of the molecule is N#Cc1cc(I)c(Oc2ccnc(F)c2)c([N+](=O)[O-])c1. The average Bonchev–Trinajstić information content (AvgIpc) is 2.40. The van der Waals surface area contributed by atoms with Crippen LogP contribution in [0.1, 0.15) is 5.56 Å². The maximum absolute atomic E-state index is 13.0. The van der Waals surface area contributed by atoms with Gasteiger partial charge in [-0.1, -0.05) is 0 Å². The lowest BCUT2D eigenvalue weighted by Gasteiger charge is -2.08. The Kier molecular flexibility index (Phi) is 4.09. The zero-order valence-electron chi connectivity index (χ0n) is 9.71. The topological polar surface area (TPSA) is 89.0 Å². The second-order valence-electron chi connectivity index (χ2n) is 3.59. The highest BCUT2D eigenvalue weighted by atomic mass is 127. The third kappa shape index (κ3) is 3.00. The van der Waals surface area contributed by atoms with Gasteiger partial charge in [0.15, 0.2) is 0 Å². The predicted molar refractivity (Wildman–Crippen MR) is 74.8 cm³/mol. The molecule has 2 rings (SSSR count). The average molecular weight is 385 g/mol. The monoisotopic (exact) mass is 385 g/mol. The van der Waals surface area contributed by atoms with Crippen molar-refractivity contribution < 1.29 is 14.1 Å². The predicted octanol–water partition coefficient (Wildman–Crippen LogP) is 3.40. The largest absolute Gasteiger partial charge is 0.449 e. The fraction of sp³-hybridized carbons (Fsp3) is 0. The number of hydrogen-bond donors (Lipinski definition) is 0. The highest BCUT2D eigenvalue weighted by Gasteiger charge is 2.21. The van der Waals surface area contributed by atoms with Crippen LogP contribution < -0.4 is 4.74 Å². The Hall–Kier alpha value is -2.28. The highest BCUT2D eigenvalue weighted by Crippen LogP contribution is 2.36. The van der Waals surface area contributed by atoms with Gasteiger partial charge in [0.2, 0.25) is 11.7 Å². The van der Waals surface area contributed by atoms with Crippen molar-refractivity contribution in [3.8, 4) is 17.6 Å². The molecule has 0 N–H and O–H groups in total. The Bertz CT molecular complexity index is 730. The number of nitriles is 1. The Balaban J connectivity index is 2.51. The van der Waals surface area contributed by atoms with E-state index in [-0.39, 0.29) is 22.7 Å². The number of nitro benzene ring substituents is 1. The van der Waals surface area contributed by atoms with Crippen molar-refractivity contribution in [2.45, 2.75) is 0 Å². The summed E-state index contributed by atoms with van der Waals surface area (Å²) in [5.41, 5.74) is -0.208. The van der Waals surface area contributed by atoms with E-state index in [0.717, 1.165) is 12.1 Å². The molecule has 0 aliphatic heterocycles. The molecule has 6 nitrogen and oxygen atoms in total. The molecule has 0 aliphatic rings. The normalized spacial score (nSPS) is 9.85. The first-order chi connectivity index (χ1) is 9.51. The van der Waals surface area contributed by atoms with E-state index in [1.54, 1.807) is 0 Å². The zero-order valence-corrected chi connectivity index (χ0v) is 11.9. The van der Waals surface area contributed by atoms with Crippen molar-refractivity contribution in [3.05, 3.63) is 55.7 Å². The molecular formula is C12H5FIN3O3. The minimum absolute atomic E-state index is 0.0415. The van der Waals surface area contributed by atoms with Gasteiger partial charge in [-0.05, 0) is 34.7 Å². The number of pyridine rings is 1. The second-order valence-corrected chi connectivity index (χ2v) is 4.75. The molecule has 0 saturated heterocycles. The van der Waals surface area contributed by atoms with Gasteiger partial charge in [-0.3, -0.25) is 10.1 Å². The second kappa shape index (κ2) is 5.79. The molecule has 1 aromatic carbocycles. The molecule has 0 amide bonds. The number of hydrogen-bond acceptors (Lipinski definition) is 5. The summed E-state index contributed by atoms with van der Waals surface area (Å²) in [6, 6.07) is 6.77. The van der Waals surface area contributed by atoms with Crippen LogP contribution in [0.5, 0.6) is 11.5 Å². The summed E-state index contributed by atoms with van der Waals surface area (Å²) in [6.07, 6.45) is 1.19. The lowest BCUT2D eigenvalue weighted by molar-refractivity contribution is -0.385. The van der Waals surface area contributed by atoms with Crippen molar-refractivity contribution in [2.75, 3.05) is 0 Å². The van der Waals surface area contributed by atoms with Crippen molar-refractivity contribution in [1.82, 2.24) is 4.98 Å². The molecule has 0 spiro atoms. The Labute approximate surface area is 126 Å². The van der Waals surface area contributed by atoms with Crippen LogP contribution in [-0.2, 0) is 0 Å². The van der Waals surface area contributed by atoms with Gasteiger partial charge < -0.3 is 4.74 Å². The van der Waals surface area contributed by atoms with E-state index in [4.69, 9.17) is 10.00 Å². The molecule has 8 heteroatoms. The third-order valence-electron chi connectivity index (χ3n) is 2.27. The van der Waals surface area contributed by atoms with E-state index >= 15 is 0 Å². The molecule has 0 bridgehead atoms. The van der Waals surface area contributed by atoms with Crippen LogP contribution in [0, 0.1) is 31.0 Å². The Morgan fingerprint density at radius 3 is 2.80 bits per heavy atom. The molecule has 100 valence electrons. The summed E-state index contributed by atoms with van der Waals surface area (Å²) >= 11 is 1.81. The van der Waals surface area contributed by atoms with Gasteiger partial charge in [0.25, 0.3) is 0 Å².